The third-order valence-electron chi connectivity index (χ3n) is 3.78. The number of aromatic nitrogens is 3. The number of nitrogens with zero attached hydrogens (tertiary/aromatic N) is 3. The Morgan fingerprint density at radius 2 is 1.87 bits per heavy atom. The Kier molecular flexibility index (Phi) is 3.92. The first-order valence-corrected chi connectivity index (χ1v) is 7.38. The molecule has 3 rings (SSSR count). The highest BCUT2D eigenvalue weighted by Gasteiger charge is 2.17. The van der Waals surface area contributed by atoms with Crippen molar-refractivity contribution < 1.29 is 4.74 Å². The molecule has 0 atom stereocenters. The molecular formula is C16H16ClN5O. The normalized spacial score (nSPS) is 10.9. The van der Waals surface area contributed by atoms with Crippen molar-refractivity contribution in [3.8, 4) is 5.75 Å². The van der Waals surface area contributed by atoms with Gasteiger partial charge in [-0.15, -0.1) is 0 Å². The van der Waals surface area contributed by atoms with E-state index in [0.29, 0.717) is 28.4 Å². The van der Waals surface area contributed by atoms with Crippen LogP contribution in [0, 0.1) is 6.92 Å². The molecule has 23 heavy (non-hydrogen) atoms. The number of nitrogens with two attached hydrogens (primary N) is 2. The van der Waals surface area contributed by atoms with Gasteiger partial charge >= 0.3 is 0 Å². The summed E-state index contributed by atoms with van der Waals surface area (Å²) in [7, 11) is 1.64. The van der Waals surface area contributed by atoms with E-state index in [1.807, 2.05) is 31.2 Å². The van der Waals surface area contributed by atoms with E-state index in [2.05, 4.69) is 15.0 Å². The second-order valence-corrected chi connectivity index (χ2v) is 5.52. The zero-order valence-corrected chi connectivity index (χ0v) is 13.6. The van der Waals surface area contributed by atoms with Gasteiger partial charge in [0.15, 0.2) is 5.65 Å². The van der Waals surface area contributed by atoms with Crippen LogP contribution < -0.4 is 16.2 Å². The fourth-order valence-electron chi connectivity index (χ4n) is 2.64. The summed E-state index contributed by atoms with van der Waals surface area (Å²) in [6.45, 7) is 1.93. The van der Waals surface area contributed by atoms with Gasteiger partial charge in [-0.3, -0.25) is 0 Å². The van der Waals surface area contributed by atoms with Gasteiger partial charge in [-0.2, -0.15) is 9.97 Å². The van der Waals surface area contributed by atoms with Crippen LogP contribution in [-0.4, -0.2) is 22.1 Å². The third-order valence-corrected chi connectivity index (χ3v) is 4.09. The third kappa shape index (κ3) is 2.73. The van der Waals surface area contributed by atoms with Crippen LogP contribution in [0.15, 0.2) is 24.3 Å². The maximum absolute atomic E-state index is 6.36. The molecule has 2 heterocycles. The highest BCUT2D eigenvalue weighted by Crippen LogP contribution is 2.31. The largest absolute Gasteiger partial charge is 0.496 e. The van der Waals surface area contributed by atoms with E-state index >= 15 is 0 Å². The van der Waals surface area contributed by atoms with E-state index < -0.39 is 0 Å². The highest BCUT2D eigenvalue weighted by molar-refractivity contribution is 6.30. The minimum absolute atomic E-state index is 0.0791. The predicted octanol–water partition coefficient (Wildman–Crippen LogP) is 2.75. The lowest BCUT2D eigenvalue weighted by molar-refractivity contribution is 0.410. The van der Waals surface area contributed by atoms with Crippen molar-refractivity contribution in [3.05, 3.63) is 46.1 Å². The molecular weight excluding hydrogens is 314 g/mol. The number of ether oxygens (including phenoxy) is 1. The van der Waals surface area contributed by atoms with E-state index in [1.165, 1.54) is 0 Å². The van der Waals surface area contributed by atoms with Gasteiger partial charge < -0.3 is 16.2 Å². The molecule has 0 aliphatic rings. The maximum atomic E-state index is 6.36. The lowest BCUT2D eigenvalue weighted by Gasteiger charge is -2.14. The molecule has 0 radical (unpaired) electrons. The number of rotatable bonds is 3. The molecule has 0 saturated heterocycles. The van der Waals surface area contributed by atoms with Crippen molar-refractivity contribution in [2.24, 2.45) is 0 Å². The first kappa shape index (κ1) is 15.3. The Hall–Kier alpha value is -2.60. The Balaban J connectivity index is 2.18. The highest BCUT2D eigenvalue weighted by atomic mass is 35.5. The summed E-state index contributed by atoms with van der Waals surface area (Å²) in [5.41, 5.74) is 14.8. The van der Waals surface area contributed by atoms with Gasteiger partial charge in [0.1, 0.15) is 16.7 Å². The van der Waals surface area contributed by atoms with Gasteiger partial charge in [0.2, 0.25) is 5.95 Å². The summed E-state index contributed by atoms with van der Waals surface area (Å²) in [6.07, 6.45) is 0.571. The molecule has 4 N–H and O–H groups in total. The number of para-hydroxylation sites is 1. The average molecular weight is 330 g/mol. The molecule has 0 saturated carbocycles. The predicted molar refractivity (Wildman–Crippen MR) is 91.7 cm³/mol. The fraction of sp³-hybridized carbons (Fsp3) is 0.188. The van der Waals surface area contributed by atoms with Gasteiger partial charge in [0.05, 0.1) is 12.5 Å². The number of benzene rings is 1. The molecule has 1 aromatic carbocycles. The van der Waals surface area contributed by atoms with Crippen molar-refractivity contribution in [2.45, 2.75) is 13.3 Å². The van der Waals surface area contributed by atoms with Gasteiger partial charge in [-0.25, -0.2) is 4.98 Å². The molecule has 3 aromatic rings. The molecule has 6 nitrogen and oxygen atoms in total. The standard InChI is InChI=1S/C16H16ClN5O/c1-8-10(7-9-5-3-4-6-11(9)23-2)13(17)20-15-12(8)14(18)21-16(19)22-15/h3-6H,7H2,1-2H3,(H4,18,19,20,21,22). The molecule has 0 fully saturated rings. The second-order valence-electron chi connectivity index (χ2n) is 5.16. The zero-order chi connectivity index (χ0) is 16.6. The van der Waals surface area contributed by atoms with Crippen LogP contribution in [0.2, 0.25) is 5.15 Å². The van der Waals surface area contributed by atoms with Crippen molar-refractivity contribution in [1.82, 2.24) is 15.0 Å². The average Bonchev–Trinajstić information content (AvgIpc) is 2.50. The van der Waals surface area contributed by atoms with Gasteiger partial charge in [-0.05, 0) is 29.7 Å². The van der Waals surface area contributed by atoms with Crippen LogP contribution in [-0.2, 0) is 6.42 Å². The molecule has 118 valence electrons. The Labute approximate surface area is 138 Å². The maximum Gasteiger partial charge on any atom is 0.224 e. The van der Waals surface area contributed by atoms with Gasteiger partial charge in [-0.1, -0.05) is 29.8 Å². The van der Waals surface area contributed by atoms with Gasteiger partial charge in [0.25, 0.3) is 0 Å². The number of hydrogen-bond acceptors (Lipinski definition) is 6. The van der Waals surface area contributed by atoms with Crippen molar-refractivity contribution >= 4 is 34.4 Å². The summed E-state index contributed by atoms with van der Waals surface area (Å²) in [6, 6.07) is 7.77. The van der Waals surface area contributed by atoms with Crippen molar-refractivity contribution in [3.63, 3.8) is 0 Å². The quantitative estimate of drug-likeness (QED) is 0.717. The van der Waals surface area contributed by atoms with Crippen LogP contribution in [0.25, 0.3) is 11.0 Å². The van der Waals surface area contributed by atoms with Crippen molar-refractivity contribution in [1.29, 1.82) is 0 Å². The minimum Gasteiger partial charge on any atom is -0.496 e. The zero-order valence-electron chi connectivity index (χ0n) is 12.8. The first-order valence-electron chi connectivity index (χ1n) is 7.00. The second kappa shape index (κ2) is 5.89. The molecule has 0 bridgehead atoms. The fourth-order valence-corrected chi connectivity index (χ4v) is 2.92. The number of halogens is 1. The van der Waals surface area contributed by atoms with E-state index in [-0.39, 0.29) is 5.95 Å². The SMILES string of the molecule is COc1ccccc1Cc1c(Cl)nc2nc(N)nc(N)c2c1C. The summed E-state index contributed by atoms with van der Waals surface area (Å²) < 4.78 is 5.39. The number of methoxy groups -OCH3 is 1. The smallest absolute Gasteiger partial charge is 0.224 e. The minimum atomic E-state index is 0.0791. The lowest BCUT2D eigenvalue weighted by atomic mass is 9.99. The van der Waals surface area contributed by atoms with Crippen LogP contribution in [0.1, 0.15) is 16.7 Å². The summed E-state index contributed by atoms with van der Waals surface area (Å²) in [5.74, 6) is 1.18. The molecule has 0 unspecified atom stereocenters. The number of aryl methyl sites for hydroxylation is 1. The van der Waals surface area contributed by atoms with Gasteiger partial charge in [0, 0.05) is 6.42 Å². The monoisotopic (exact) mass is 329 g/mol. The Bertz CT molecular complexity index is 897. The number of nitrogen functional groups attached to an aromatic ring is 2. The number of fused-ring (bicyclic) bond motifs is 1. The van der Waals surface area contributed by atoms with E-state index in [0.717, 1.165) is 22.4 Å². The summed E-state index contributed by atoms with van der Waals surface area (Å²) >= 11 is 6.36. The summed E-state index contributed by atoms with van der Waals surface area (Å²) in [4.78, 5) is 12.4. The molecule has 0 aliphatic carbocycles. The van der Waals surface area contributed by atoms with Crippen LogP contribution in [0.5, 0.6) is 5.75 Å². The molecule has 0 spiro atoms. The molecule has 2 aromatic heterocycles. The number of anilines is 2. The molecule has 0 aliphatic heterocycles. The van der Waals surface area contributed by atoms with Crippen LogP contribution in [0.4, 0.5) is 11.8 Å². The van der Waals surface area contributed by atoms with Crippen molar-refractivity contribution in [2.75, 3.05) is 18.6 Å². The van der Waals surface area contributed by atoms with E-state index in [4.69, 9.17) is 27.8 Å². The van der Waals surface area contributed by atoms with Crippen LogP contribution >= 0.6 is 11.6 Å². The first-order chi connectivity index (χ1) is 11.0. The van der Waals surface area contributed by atoms with E-state index in [1.54, 1.807) is 7.11 Å². The summed E-state index contributed by atoms with van der Waals surface area (Å²) in [5, 5.41) is 1.05. The Morgan fingerprint density at radius 3 is 2.61 bits per heavy atom. The van der Waals surface area contributed by atoms with E-state index in [9.17, 15) is 0 Å². The lowest BCUT2D eigenvalue weighted by Crippen LogP contribution is -2.06. The number of hydrogen-bond donors (Lipinski definition) is 2. The van der Waals surface area contributed by atoms with Crippen LogP contribution in [0.3, 0.4) is 0 Å². The topological polar surface area (TPSA) is 99.9 Å². The number of pyridine rings is 1. The Morgan fingerprint density at radius 1 is 1.13 bits per heavy atom. The molecule has 7 heteroatoms. The molecule has 0 amide bonds.